The van der Waals surface area contributed by atoms with Crippen molar-refractivity contribution in [1.29, 1.82) is 5.26 Å². The number of anilines is 1. The fourth-order valence-electron chi connectivity index (χ4n) is 4.52. The van der Waals surface area contributed by atoms with E-state index in [-0.39, 0.29) is 0 Å². The Balaban J connectivity index is 1.36. The summed E-state index contributed by atoms with van der Waals surface area (Å²) in [6.45, 7) is 4.79. The van der Waals surface area contributed by atoms with Gasteiger partial charge in [-0.25, -0.2) is 4.98 Å². The summed E-state index contributed by atoms with van der Waals surface area (Å²) in [5.74, 6) is 0.836. The van der Waals surface area contributed by atoms with E-state index in [1.165, 1.54) is 11.1 Å². The normalized spacial score (nSPS) is 15.0. The number of aliphatic hydroxyl groups excluding tert-OH is 1. The SMILES string of the molecule is Cc1cc(NCC(O)CN2CCc3ccccc3C2)n2c(nc3ccccc32)c1C#N. The van der Waals surface area contributed by atoms with Crippen molar-refractivity contribution in [2.24, 2.45) is 0 Å². The number of aromatic nitrogens is 2. The second-order valence-corrected chi connectivity index (χ2v) is 8.25. The zero-order chi connectivity index (χ0) is 21.4. The Kier molecular flexibility index (Phi) is 5.06. The molecule has 0 spiro atoms. The average Bonchev–Trinajstić information content (AvgIpc) is 3.17. The van der Waals surface area contributed by atoms with Crippen LogP contribution in [0.2, 0.25) is 0 Å². The molecule has 6 heteroatoms. The largest absolute Gasteiger partial charge is 0.390 e. The van der Waals surface area contributed by atoms with Crippen LogP contribution in [0.1, 0.15) is 22.3 Å². The molecule has 4 aromatic rings. The van der Waals surface area contributed by atoms with Crippen molar-refractivity contribution in [1.82, 2.24) is 14.3 Å². The van der Waals surface area contributed by atoms with Crippen molar-refractivity contribution >= 4 is 22.5 Å². The third-order valence-electron chi connectivity index (χ3n) is 6.08. The standard InChI is InChI=1S/C25H25N5O/c1-17-12-24(30-23-9-5-4-8-22(23)28-25(30)21(17)13-26)27-14-20(31)16-29-11-10-18-6-2-3-7-19(18)15-29/h2-9,12,20,27,31H,10-11,14-16H2,1H3. The molecule has 0 amide bonds. The van der Waals surface area contributed by atoms with Gasteiger partial charge in [-0.15, -0.1) is 0 Å². The summed E-state index contributed by atoms with van der Waals surface area (Å²) in [4.78, 5) is 6.99. The molecular weight excluding hydrogens is 386 g/mol. The molecule has 0 fully saturated rings. The Bertz CT molecular complexity index is 1300. The first-order valence-corrected chi connectivity index (χ1v) is 10.7. The van der Waals surface area contributed by atoms with Gasteiger partial charge >= 0.3 is 0 Å². The van der Waals surface area contributed by atoms with E-state index in [1.54, 1.807) is 0 Å². The third-order valence-corrected chi connectivity index (χ3v) is 6.08. The molecule has 0 saturated carbocycles. The van der Waals surface area contributed by atoms with Crippen LogP contribution in [0.15, 0.2) is 54.6 Å². The summed E-state index contributed by atoms with van der Waals surface area (Å²) in [7, 11) is 0. The highest BCUT2D eigenvalue weighted by atomic mass is 16.3. The first kappa shape index (κ1) is 19.6. The summed E-state index contributed by atoms with van der Waals surface area (Å²) in [6, 6.07) is 20.6. The summed E-state index contributed by atoms with van der Waals surface area (Å²) in [5.41, 5.74) is 6.65. The quantitative estimate of drug-likeness (QED) is 0.526. The van der Waals surface area contributed by atoms with Gasteiger partial charge in [0.25, 0.3) is 0 Å². The number of fused-ring (bicyclic) bond motifs is 4. The number of nitriles is 1. The lowest BCUT2D eigenvalue weighted by molar-refractivity contribution is 0.114. The van der Waals surface area contributed by atoms with Gasteiger partial charge in [0, 0.05) is 26.2 Å². The van der Waals surface area contributed by atoms with Gasteiger partial charge in [0.2, 0.25) is 0 Å². The Morgan fingerprint density at radius 1 is 1.16 bits per heavy atom. The van der Waals surface area contributed by atoms with E-state index in [4.69, 9.17) is 0 Å². The molecule has 0 radical (unpaired) electrons. The fourth-order valence-corrected chi connectivity index (χ4v) is 4.52. The molecule has 0 saturated heterocycles. The van der Waals surface area contributed by atoms with Gasteiger partial charge in [-0.1, -0.05) is 36.4 Å². The molecule has 1 aliphatic heterocycles. The zero-order valence-electron chi connectivity index (χ0n) is 17.5. The number of nitrogens with zero attached hydrogens (tertiary/aromatic N) is 4. The van der Waals surface area contributed by atoms with Gasteiger partial charge in [0.15, 0.2) is 5.65 Å². The van der Waals surface area contributed by atoms with Gasteiger partial charge in [0.1, 0.15) is 11.9 Å². The van der Waals surface area contributed by atoms with E-state index in [0.29, 0.717) is 24.3 Å². The lowest BCUT2D eigenvalue weighted by Crippen LogP contribution is -2.39. The highest BCUT2D eigenvalue weighted by molar-refractivity contribution is 5.85. The average molecular weight is 412 g/mol. The maximum Gasteiger partial charge on any atom is 0.157 e. The molecule has 0 bridgehead atoms. The number of para-hydroxylation sites is 2. The van der Waals surface area contributed by atoms with Crippen LogP contribution in [0.3, 0.4) is 0 Å². The zero-order valence-corrected chi connectivity index (χ0v) is 17.5. The third kappa shape index (κ3) is 3.63. The lowest BCUT2D eigenvalue weighted by Gasteiger charge is -2.30. The van der Waals surface area contributed by atoms with Crippen molar-refractivity contribution in [2.75, 3.05) is 25.0 Å². The number of hydrogen-bond donors (Lipinski definition) is 2. The molecule has 3 heterocycles. The predicted molar refractivity (Wildman–Crippen MR) is 122 cm³/mol. The first-order valence-electron chi connectivity index (χ1n) is 10.7. The van der Waals surface area contributed by atoms with Crippen LogP contribution in [0.4, 0.5) is 5.82 Å². The number of hydrogen-bond acceptors (Lipinski definition) is 5. The first-order chi connectivity index (χ1) is 15.1. The number of β-amino-alcohol motifs (C(OH)–C–C–N with tert-alkyl or cyclic N) is 1. The van der Waals surface area contributed by atoms with Gasteiger partial charge in [-0.05, 0) is 48.2 Å². The summed E-state index contributed by atoms with van der Waals surface area (Å²) in [6.07, 6.45) is 0.512. The molecule has 1 atom stereocenters. The maximum atomic E-state index is 10.7. The van der Waals surface area contributed by atoms with Gasteiger partial charge in [-0.3, -0.25) is 9.30 Å². The molecule has 6 nitrogen and oxygen atoms in total. The van der Waals surface area contributed by atoms with Crippen molar-refractivity contribution in [3.8, 4) is 6.07 Å². The molecule has 31 heavy (non-hydrogen) atoms. The molecular formula is C25H25N5O. The van der Waals surface area contributed by atoms with Gasteiger partial charge in [-0.2, -0.15) is 5.26 Å². The Hall–Kier alpha value is -3.40. The summed E-state index contributed by atoms with van der Waals surface area (Å²) >= 11 is 0. The number of aliphatic hydroxyl groups is 1. The highest BCUT2D eigenvalue weighted by Gasteiger charge is 2.19. The van der Waals surface area contributed by atoms with E-state index < -0.39 is 6.10 Å². The second kappa shape index (κ2) is 8.03. The number of aryl methyl sites for hydroxylation is 1. The Morgan fingerprint density at radius 2 is 1.94 bits per heavy atom. The van der Waals surface area contributed by atoms with Crippen molar-refractivity contribution in [2.45, 2.75) is 26.0 Å². The molecule has 2 aromatic carbocycles. The molecule has 5 rings (SSSR count). The van der Waals surface area contributed by atoms with E-state index in [9.17, 15) is 10.4 Å². The number of rotatable bonds is 5. The van der Waals surface area contributed by atoms with Crippen LogP contribution < -0.4 is 5.32 Å². The smallest absolute Gasteiger partial charge is 0.157 e. The van der Waals surface area contributed by atoms with Gasteiger partial charge < -0.3 is 10.4 Å². The van der Waals surface area contributed by atoms with Crippen molar-refractivity contribution in [3.05, 3.63) is 76.9 Å². The second-order valence-electron chi connectivity index (χ2n) is 8.25. The molecule has 0 aliphatic carbocycles. The Labute approximate surface area is 181 Å². The highest BCUT2D eigenvalue weighted by Crippen LogP contribution is 2.26. The van der Waals surface area contributed by atoms with Crippen LogP contribution >= 0.6 is 0 Å². The van der Waals surface area contributed by atoms with E-state index >= 15 is 0 Å². The number of imidazole rings is 1. The topological polar surface area (TPSA) is 76.6 Å². The van der Waals surface area contributed by atoms with E-state index in [1.807, 2.05) is 41.7 Å². The Morgan fingerprint density at radius 3 is 2.77 bits per heavy atom. The number of nitrogens with one attached hydrogen (secondary N) is 1. The van der Waals surface area contributed by atoms with E-state index in [0.717, 1.165) is 41.9 Å². The van der Waals surface area contributed by atoms with Gasteiger partial charge in [0.05, 0.1) is 22.7 Å². The molecule has 1 unspecified atom stereocenters. The number of pyridine rings is 1. The number of benzene rings is 2. The summed E-state index contributed by atoms with van der Waals surface area (Å²) in [5, 5.41) is 23.8. The van der Waals surface area contributed by atoms with E-state index in [2.05, 4.69) is 45.5 Å². The lowest BCUT2D eigenvalue weighted by atomic mass is 10.00. The summed E-state index contributed by atoms with van der Waals surface area (Å²) < 4.78 is 1.98. The van der Waals surface area contributed by atoms with Crippen LogP contribution in [0, 0.1) is 18.3 Å². The van der Waals surface area contributed by atoms with Crippen molar-refractivity contribution < 1.29 is 5.11 Å². The maximum absolute atomic E-state index is 10.7. The predicted octanol–water partition coefficient (Wildman–Crippen LogP) is 3.50. The van der Waals surface area contributed by atoms with Crippen molar-refractivity contribution in [3.63, 3.8) is 0 Å². The minimum Gasteiger partial charge on any atom is -0.390 e. The molecule has 2 aromatic heterocycles. The van der Waals surface area contributed by atoms with Crippen LogP contribution in [0.25, 0.3) is 16.7 Å². The minimum absolute atomic E-state index is 0.422. The molecule has 2 N–H and O–H groups in total. The monoisotopic (exact) mass is 411 g/mol. The van der Waals surface area contributed by atoms with Crippen LogP contribution in [0.5, 0.6) is 0 Å². The molecule has 1 aliphatic rings. The van der Waals surface area contributed by atoms with Crippen LogP contribution in [-0.4, -0.2) is 45.1 Å². The fraction of sp³-hybridized carbons (Fsp3) is 0.280. The van der Waals surface area contributed by atoms with Crippen LogP contribution in [-0.2, 0) is 13.0 Å². The minimum atomic E-state index is -0.508. The molecule has 156 valence electrons.